The second kappa shape index (κ2) is 15.2. The van der Waals surface area contributed by atoms with Crippen LogP contribution in [0, 0.1) is 0 Å². The fourth-order valence-corrected chi connectivity index (χ4v) is 15.2. The molecule has 1 heteroatoms. The first-order chi connectivity index (χ1) is 37.8. The van der Waals surface area contributed by atoms with Gasteiger partial charge in [-0.1, -0.05) is 227 Å². The zero-order valence-electron chi connectivity index (χ0n) is 43.2. The number of rotatable bonds is 3. The highest BCUT2D eigenvalue weighted by Gasteiger charge is 2.54. The molecule has 0 aliphatic heterocycles. The highest BCUT2D eigenvalue weighted by atomic mass is 15.1. The summed E-state index contributed by atoms with van der Waals surface area (Å²) >= 11 is 0. The van der Waals surface area contributed by atoms with Gasteiger partial charge in [0.25, 0.3) is 0 Å². The quantitative estimate of drug-likeness (QED) is 0.171. The molecule has 0 amide bonds. The molecule has 2 spiro atoms. The molecule has 0 heterocycles. The zero-order chi connectivity index (χ0) is 50.9. The second-order valence-corrected chi connectivity index (χ2v) is 23.0. The van der Waals surface area contributed by atoms with Crippen molar-refractivity contribution >= 4 is 60.2 Å². The lowest BCUT2D eigenvalue weighted by molar-refractivity contribution is 0.590. The minimum Gasteiger partial charge on any atom is -0.309 e. The molecular formula is C76H51N. The minimum absolute atomic E-state index is 0.0280. The minimum atomic E-state index is -0.576. The van der Waals surface area contributed by atoms with Gasteiger partial charge < -0.3 is 4.90 Å². The lowest BCUT2D eigenvalue weighted by Gasteiger charge is -2.35. The fraction of sp³-hybridized carbons (Fsp3) is 0.0789. The van der Waals surface area contributed by atoms with Crippen molar-refractivity contribution in [2.24, 2.45) is 0 Å². The molecule has 0 unspecified atom stereocenters. The van der Waals surface area contributed by atoms with E-state index in [1.807, 2.05) is 0 Å². The van der Waals surface area contributed by atoms with Crippen LogP contribution in [0.3, 0.4) is 0 Å². The van der Waals surface area contributed by atoms with Crippen molar-refractivity contribution in [3.8, 4) is 44.5 Å². The molecule has 0 atom stereocenters. The summed E-state index contributed by atoms with van der Waals surface area (Å²) in [5.74, 6) is 0. The molecule has 0 fully saturated rings. The summed E-state index contributed by atoms with van der Waals surface area (Å²) in [6.07, 6.45) is 0. The third-order valence-electron chi connectivity index (χ3n) is 18.3. The van der Waals surface area contributed by atoms with Crippen molar-refractivity contribution in [1.29, 1.82) is 0 Å². The normalized spacial score (nSPS) is 14.4. The standard InChI is InChI=1S/C76H51N/c1-74(2,3)50-36-38-51(39-37-50)77(70-44-68-72(58-30-10-8-28-56(58)70)60-40-46-20-4-6-22-48(46)42-66(60)75(68)62-32-16-12-24-52(62)53-25-13-17-33-63(53)75)71-45-69-73(59-31-11-9-29-57(59)71)61-41-47-21-5-7-23-49(47)43-67(61)76(69)64-34-18-14-26-54(64)55-27-15-19-35-65(55)76/h4-45H,1-3H3. The van der Waals surface area contributed by atoms with E-state index >= 15 is 0 Å². The van der Waals surface area contributed by atoms with Gasteiger partial charge in [-0.2, -0.15) is 0 Å². The van der Waals surface area contributed by atoms with E-state index in [2.05, 4.69) is 280 Å². The number of anilines is 3. The van der Waals surface area contributed by atoms with Crippen LogP contribution in [0.1, 0.15) is 70.8 Å². The van der Waals surface area contributed by atoms with Gasteiger partial charge in [-0.25, -0.2) is 0 Å². The van der Waals surface area contributed by atoms with E-state index in [1.54, 1.807) is 0 Å². The Morgan fingerprint density at radius 3 is 0.974 bits per heavy atom. The highest BCUT2D eigenvalue weighted by molar-refractivity contribution is 6.17. The van der Waals surface area contributed by atoms with Crippen LogP contribution >= 0.6 is 0 Å². The van der Waals surface area contributed by atoms with Crippen LogP contribution in [0.25, 0.3) is 87.6 Å². The molecule has 0 radical (unpaired) electrons. The van der Waals surface area contributed by atoms with E-state index in [-0.39, 0.29) is 5.41 Å². The van der Waals surface area contributed by atoms with E-state index in [0.717, 1.165) is 17.1 Å². The third-order valence-corrected chi connectivity index (χ3v) is 18.3. The monoisotopic (exact) mass is 977 g/mol. The molecule has 1 nitrogen and oxygen atoms in total. The lowest BCUT2D eigenvalue weighted by Crippen LogP contribution is -2.27. The Bertz CT molecular complexity index is 4370. The molecule has 0 saturated carbocycles. The van der Waals surface area contributed by atoms with Crippen molar-refractivity contribution in [2.45, 2.75) is 37.0 Å². The van der Waals surface area contributed by atoms with Crippen LogP contribution in [0.5, 0.6) is 0 Å². The van der Waals surface area contributed by atoms with Crippen molar-refractivity contribution in [1.82, 2.24) is 0 Å². The summed E-state index contributed by atoms with van der Waals surface area (Å²) in [7, 11) is 0. The van der Waals surface area contributed by atoms with E-state index in [9.17, 15) is 0 Å². The Morgan fingerprint density at radius 2 is 0.597 bits per heavy atom. The topological polar surface area (TPSA) is 3.24 Å². The van der Waals surface area contributed by atoms with Crippen LogP contribution in [0.2, 0.25) is 0 Å². The molecule has 77 heavy (non-hydrogen) atoms. The maximum Gasteiger partial charge on any atom is 0.0726 e. The van der Waals surface area contributed by atoms with Gasteiger partial charge in [0.05, 0.1) is 22.2 Å². The van der Waals surface area contributed by atoms with Crippen LogP contribution in [-0.4, -0.2) is 0 Å². The Kier molecular flexibility index (Phi) is 8.48. The highest BCUT2D eigenvalue weighted by Crippen LogP contribution is 2.68. The molecule has 13 aromatic carbocycles. The number of hydrogen-bond donors (Lipinski definition) is 0. The Labute approximate surface area is 449 Å². The average Bonchev–Trinajstić information content (AvgIpc) is 3.99. The van der Waals surface area contributed by atoms with Crippen molar-refractivity contribution < 1.29 is 0 Å². The Morgan fingerprint density at radius 1 is 0.273 bits per heavy atom. The van der Waals surface area contributed by atoms with Gasteiger partial charge in [0.2, 0.25) is 0 Å². The summed E-state index contributed by atoms with van der Waals surface area (Å²) in [4.78, 5) is 2.65. The van der Waals surface area contributed by atoms with Gasteiger partial charge in [0.15, 0.2) is 0 Å². The first kappa shape index (κ1) is 43.0. The lowest BCUT2D eigenvalue weighted by atomic mass is 9.70. The predicted octanol–water partition coefficient (Wildman–Crippen LogP) is 19.8. The Balaban J connectivity index is 1.04. The van der Waals surface area contributed by atoms with Crippen molar-refractivity contribution in [3.63, 3.8) is 0 Å². The van der Waals surface area contributed by atoms with Crippen molar-refractivity contribution in [2.75, 3.05) is 4.90 Å². The molecule has 17 rings (SSSR count). The number of hydrogen-bond acceptors (Lipinski definition) is 1. The molecule has 360 valence electrons. The van der Waals surface area contributed by atoms with Gasteiger partial charge in [-0.3, -0.25) is 0 Å². The van der Waals surface area contributed by atoms with E-state index in [0.29, 0.717) is 0 Å². The predicted molar refractivity (Wildman–Crippen MR) is 322 cm³/mol. The summed E-state index contributed by atoms with van der Waals surface area (Å²) in [6, 6.07) is 98.1. The van der Waals surface area contributed by atoms with E-state index in [1.165, 1.54) is 138 Å². The molecule has 13 aromatic rings. The first-order valence-electron chi connectivity index (χ1n) is 27.3. The number of fused-ring (bicyclic) bond motifs is 26. The summed E-state index contributed by atoms with van der Waals surface area (Å²) in [5.41, 5.74) is 24.7. The van der Waals surface area contributed by atoms with Gasteiger partial charge in [-0.05, 0) is 181 Å². The van der Waals surface area contributed by atoms with Crippen LogP contribution in [-0.2, 0) is 16.2 Å². The SMILES string of the molecule is CC(C)(C)c1ccc(N(c2cc3c(c4ccccc24)-c2cc4ccccc4cc2C32c3ccccc3-c3ccccc32)c2cc3c(c4ccccc24)-c2cc4ccccc4cc2C32c3ccccc3-c3ccccc32)cc1. The number of nitrogens with zero attached hydrogens (tertiary/aromatic N) is 1. The largest absolute Gasteiger partial charge is 0.309 e. The summed E-state index contributed by atoms with van der Waals surface area (Å²) < 4.78 is 0. The molecule has 0 aromatic heterocycles. The third kappa shape index (κ3) is 5.43. The molecule has 4 aliphatic carbocycles. The van der Waals surface area contributed by atoms with Crippen LogP contribution < -0.4 is 4.90 Å². The molecular weight excluding hydrogens is 927 g/mol. The maximum atomic E-state index is 2.65. The van der Waals surface area contributed by atoms with Gasteiger partial charge in [0.1, 0.15) is 0 Å². The average molecular weight is 978 g/mol. The van der Waals surface area contributed by atoms with Crippen LogP contribution in [0.4, 0.5) is 17.1 Å². The second-order valence-electron chi connectivity index (χ2n) is 23.0. The molecule has 0 N–H and O–H groups in total. The van der Waals surface area contributed by atoms with Crippen LogP contribution in [0.15, 0.2) is 255 Å². The van der Waals surface area contributed by atoms with Gasteiger partial charge >= 0.3 is 0 Å². The van der Waals surface area contributed by atoms with E-state index in [4.69, 9.17) is 0 Å². The number of benzene rings is 13. The molecule has 4 aliphatic rings. The fourth-order valence-electron chi connectivity index (χ4n) is 15.2. The molecule has 0 saturated heterocycles. The van der Waals surface area contributed by atoms with Crippen molar-refractivity contribution in [3.05, 3.63) is 305 Å². The summed E-state index contributed by atoms with van der Waals surface area (Å²) in [5, 5.41) is 9.97. The smallest absolute Gasteiger partial charge is 0.0726 e. The van der Waals surface area contributed by atoms with E-state index < -0.39 is 10.8 Å². The molecule has 0 bridgehead atoms. The Hall–Kier alpha value is -9.30. The first-order valence-corrected chi connectivity index (χ1v) is 27.3. The maximum absolute atomic E-state index is 2.65. The zero-order valence-corrected chi connectivity index (χ0v) is 43.2. The van der Waals surface area contributed by atoms with Gasteiger partial charge in [-0.15, -0.1) is 0 Å². The summed E-state index contributed by atoms with van der Waals surface area (Å²) in [6.45, 7) is 6.95. The van der Waals surface area contributed by atoms with Gasteiger partial charge in [0, 0.05) is 16.5 Å².